The molecular weight excluding hydrogens is 138 g/mol. The zero-order chi connectivity index (χ0) is 7.68. The number of nitrogens with one attached hydrogen (secondary N) is 1. The molecular formula is C9H15NO. The van der Waals surface area contributed by atoms with Crippen LogP contribution in [0.5, 0.6) is 0 Å². The van der Waals surface area contributed by atoms with Crippen LogP contribution in [0.2, 0.25) is 0 Å². The summed E-state index contributed by atoms with van der Waals surface area (Å²) < 4.78 is 0. The number of β-lactam (4-membered cyclic amide) rings is 1. The molecule has 0 spiro atoms. The van der Waals surface area contributed by atoms with Gasteiger partial charge in [-0.3, -0.25) is 4.79 Å². The summed E-state index contributed by atoms with van der Waals surface area (Å²) in [5.74, 6) is 0.687. The zero-order valence-electron chi connectivity index (χ0n) is 6.81. The molecule has 0 aromatic heterocycles. The lowest BCUT2D eigenvalue weighted by atomic mass is 9.81. The van der Waals surface area contributed by atoms with E-state index in [4.69, 9.17) is 0 Å². The van der Waals surface area contributed by atoms with Crippen molar-refractivity contribution in [2.24, 2.45) is 5.92 Å². The monoisotopic (exact) mass is 153 g/mol. The van der Waals surface area contributed by atoms with Crippen LogP contribution in [-0.4, -0.2) is 11.9 Å². The first-order valence-corrected chi connectivity index (χ1v) is 4.68. The maximum absolute atomic E-state index is 11.0. The van der Waals surface area contributed by atoms with Crippen molar-refractivity contribution in [3.63, 3.8) is 0 Å². The molecule has 2 fully saturated rings. The molecule has 2 atom stereocenters. The summed E-state index contributed by atoms with van der Waals surface area (Å²) in [7, 11) is 0. The van der Waals surface area contributed by atoms with Crippen LogP contribution in [-0.2, 0) is 4.79 Å². The molecule has 1 aliphatic heterocycles. The largest absolute Gasteiger partial charge is 0.352 e. The number of rotatable bonds is 0. The molecule has 0 radical (unpaired) electrons. The van der Waals surface area contributed by atoms with Crippen molar-refractivity contribution >= 4 is 5.91 Å². The predicted molar refractivity (Wildman–Crippen MR) is 43.1 cm³/mol. The average Bonchev–Trinajstić information content (AvgIpc) is 1.96. The Balaban J connectivity index is 1.92. The Morgan fingerprint density at radius 2 is 1.82 bits per heavy atom. The molecule has 62 valence electrons. The molecule has 2 aliphatic rings. The maximum atomic E-state index is 11.0. The van der Waals surface area contributed by atoms with Crippen LogP contribution in [0.3, 0.4) is 0 Å². The van der Waals surface area contributed by atoms with Crippen molar-refractivity contribution in [3.8, 4) is 0 Å². The fourth-order valence-electron chi connectivity index (χ4n) is 2.16. The van der Waals surface area contributed by atoms with Crippen LogP contribution < -0.4 is 5.32 Å². The Hall–Kier alpha value is -0.530. The number of hydrogen-bond acceptors (Lipinski definition) is 1. The molecule has 11 heavy (non-hydrogen) atoms. The van der Waals surface area contributed by atoms with Gasteiger partial charge in [-0.25, -0.2) is 0 Å². The number of hydrogen-bond donors (Lipinski definition) is 1. The molecule has 2 rings (SSSR count). The third-order valence-electron chi connectivity index (χ3n) is 2.93. The smallest absolute Gasteiger partial charge is 0.225 e. The molecule has 1 amide bonds. The summed E-state index contributed by atoms with van der Waals surface area (Å²) in [5, 5.41) is 2.97. The van der Waals surface area contributed by atoms with Crippen molar-refractivity contribution in [2.45, 2.75) is 44.6 Å². The third kappa shape index (κ3) is 1.26. The molecule has 1 N–H and O–H groups in total. The molecule has 2 nitrogen and oxygen atoms in total. The number of amides is 1. The Labute approximate surface area is 67.4 Å². The highest BCUT2D eigenvalue weighted by atomic mass is 16.2. The fraction of sp³-hybridized carbons (Fsp3) is 0.889. The summed E-state index contributed by atoms with van der Waals surface area (Å²) in [4.78, 5) is 11.0. The van der Waals surface area contributed by atoms with Gasteiger partial charge in [0.2, 0.25) is 5.91 Å². The van der Waals surface area contributed by atoms with E-state index in [0.29, 0.717) is 17.9 Å². The van der Waals surface area contributed by atoms with Crippen molar-refractivity contribution in [2.75, 3.05) is 0 Å². The highest BCUT2D eigenvalue weighted by Gasteiger charge is 2.38. The predicted octanol–water partition coefficient (Wildman–Crippen LogP) is 1.46. The number of fused-ring (bicyclic) bond motifs is 1. The van der Waals surface area contributed by atoms with E-state index in [2.05, 4.69) is 5.32 Å². The number of carbonyl (C=O) groups excluding carboxylic acids is 1. The summed E-state index contributed by atoms with van der Waals surface area (Å²) in [6, 6.07) is 0.544. The molecule has 1 saturated carbocycles. The van der Waals surface area contributed by atoms with Crippen LogP contribution in [0.25, 0.3) is 0 Å². The summed E-state index contributed by atoms with van der Waals surface area (Å²) in [6.07, 6.45) is 7.61. The van der Waals surface area contributed by atoms with E-state index in [-0.39, 0.29) is 0 Å². The topological polar surface area (TPSA) is 29.1 Å². The van der Waals surface area contributed by atoms with E-state index in [9.17, 15) is 4.79 Å². The fourth-order valence-corrected chi connectivity index (χ4v) is 2.16. The molecule has 1 unspecified atom stereocenters. The van der Waals surface area contributed by atoms with Crippen LogP contribution >= 0.6 is 0 Å². The van der Waals surface area contributed by atoms with Gasteiger partial charge in [0, 0.05) is 6.04 Å². The van der Waals surface area contributed by atoms with Gasteiger partial charge in [0.15, 0.2) is 0 Å². The highest BCUT2D eigenvalue weighted by molar-refractivity contribution is 5.85. The van der Waals surface area contributed by atoms with Gasteiger partial charge in [0.1, 0.15) is 0 Å². The quantitative estimate of drug-likeness (QED) is 0.524. The molecule has 0 bridgehead atoms. The van der Waals surface area contributed by atoms with Gasteiger partial charge in [-0.2, -0.15) is 0 Å². The standard InChI is InChI=1S/C9H15NO/c11-9-7-5-3-1-2-4-6-8(7)10-9/h7-8H,1-6H2,(H,10,11)/t7-,8?/m1/s1. The highest BCUT2D eigenvalue weighted by Crippen LogP contribution is 2.28. The lowest BCUT2D eigenvalue weighted by Crippen LogP contribution is -2.58. The van der Waals surface area contributed by atoms with Crippen LogP contribution in [0.15, 0.2) is 0 Å². The molecule has 1 aliphatic carbocycles. The van der Waals surface area contributed by atoms with Crippen molar-refractivity contribution in [1.82, 2.24) is 5.32 Å². The second-order valence-corrected chi connectivity index (χ2v) is 3.71. The molecule has 0 aromatic carbocycles. The minimum absolute atomic E-state index is 0.303. The Morgan fingerprint density at radius 3 is 2.55 bits per heavy atom. The lowest BCUT2D eigenvalue weighted by molar-refractivity contribution is -0.135. The first-order valence-electron chi connectivity index (χ1n) is 4.68. The third-order valence-corrected chi connectivity index (χ3v) is 2.93. The lowest BCUT2D eigenvalue weighted by Gasteiger charge is -2.38. The van der Waals surface area contributed by atoms with Gasteiger partial charge >= 0.3 is 0 Å². The van der Waals surface area contributed by atoms with Crippen molar-refractivity contribution < 1.29 is 4.79 Å². The maximum Gasteiger partial charge on any atom is 0.225 e. The summed E-state index contributed by atoms with van der Waals surface area (Å²) in [5.41, 5.74) is 0. The number of carbonyl (C=O) groups is 1. The van der Waals surface area contributed by atoms with Crippen LogP contribution in [0.4, 0.5) is 0 Å². The van der Waals surface area contributed by atoms with E-state index in [0.717, 1.165) is 6.42 Å². The SMILES string of the molecule is O=C1NC2CCCCCC[C@@H]12. The summed E-state index contributed by atoms with van der Waals surface area (Å²) >= 11 is 0. The van der Waals surface area contributed by atoms with Gasteiger partial charge < -0.3 is 5.32 Å². The van der Waals surface area contributed by atoms with Crippen molar-refractivity contribution in [1.29, 1.82) is 0 Å². The van der Waals surface area contributed by atoms with Gasteiger partial charge in [0.05, 0.1) is 5.92 Å². The van der Waals surface area contributed by atoms with Gasteiger partial charge in [0.25, 0.3) is 0 Å². The molecule has 1 heterocycles. The van der Waals surface area contributed by atoms with E-state index < -0.39 is 0 Å². The minimum Gasteiger partial charge on any atom is -0.352 e. The second-order valence-electron chi connectivity index (χ2n) is 3.71. The molecule has 2 heteroatoms. The van der Waals surface area contributed by atoms with Gasteiger partial charge in [-0.05, 0) is 12.8 Å². The zero-order valence-corrected chi connectivity index (χ0v) is 6.81. The van der Waals surface area contributed by atoms with E-state index >= 15 is 0 Å². The normalized spacial score (nSPS) is 37.6. The Bertz CT molecular complexity index is 167. The molecule has 0 aromatic rings. The second kappa shape index (κ2) is 2.84. The van der Waals surface area contributed by atoms with E-state index in [1.165, 1.54) is 32.1 Å². The minimum atomic E-state index is 0.303. The van der Waals surface area contributed by atoms with E-state index in [1.54, 1.807) is 0 Å². The molecule has 1 saturated heterocycles. The average molecular weight is 153 g/mol. The Kier molecular flexibility index (Phi) is 1.84. The Morgan fingerprint density at radius 1 is 1.09 bits per heavy atom. The van der Waals surface area contributed by atoms with Crippen LogP contribution in [0, 0.1) is 5.92 Å². The summed E-state index contributed by atoms with van der Waals surface area (Å²) in [6.45, 7) is 0. The first-order chi connectivity index (χ1) is 5.38. The van der Waals surface area contributed by atoms with Gasteiger partial charge in [-0.1, -0.05) is 25.7 Å². The first kappa shape index (κ1) is 7.14. The van der Waals surface area contributed by atoms with E-state index in [1.807, 2.05) is 0 Å². The van der Waals surface area contributed by atoms with Gasteiger partial charge in [-0.15, -0.1) is 0 Å². The van der Waals surface area contributed by atoms with Crippen molar-refractivity contribution in [3.05, 3.63) is 0 Å². The van der Waals surface area contributed by atoms with Crippen LogP contribution in [0.1, 0.15) is 38.5 Å².